The molecule has 0 N–H and O–H groups in total. The van der Waals surface area contributed by atoms with Crippen molar-refractivity contribution in [2.24, 2.45) is 0 Å². The van der Waals surface area contributed by atoms with Crippen molar-refractivity contribution in [1.82, 2.24) is 0 Å². The average molecular weight is 830 g/mol. The zero-order valence-electron chi connectivity index (χ0n) is 36.6. The third-order valence-electron chi connectivity index (χ3n) is 14.2. The van der Waals surface area contributed by atoms with Crippen LogP contribution in [-0.2, 0) is 10.8 Å². The van der Waals surface area contributed by atoms with Gasteiger partial charge in [-0.25, -0.2) is 0 Å². The highest BCUT2D eigenvalue weighted by Crippen LogP contribution is 2.59. The molecule has 2 aliphatic carbocycles. The van der Waals surface area contributed by atoms with Gasteiger partial charge in [0, 0.05) is 22.4 Å². The van der Waals surface area contributed by atoms with E-state index in [0.29, 0.717) is 0 Å². The van der Waals surface area contributed by atoms with E-state index in [4.69, 9.17) is 0 Å². The first-order valence-electron chi connectivity index (χ1n) is 22.8. The quantitative estimate of drug-likeness (QED) is 0.147. The van der Waals surface area contributed by atoms with Crippen molar-refractivity contribution in [2.45, 2.75) is 24.7 Å². The minimum atomic E-state index is -0.485. The van der Waals surface area contributed by atoms with Crippen LogP contribution in [0, 0.1) is 0 Å². The molecule has 2 aliphatic rings. The molecule has 0 radical (unpaired) electrons. The van der Waals surface area contributed by atoms with Crippen molar-refractivity contribution in [3.63, 3.8) is 0 Å². The molecule has 0 fully saturated rings. The molecule has 0 spiro atoms. The van der Waals surface area contributed by atoms with Crippen LogP contribution in [0.3, 0.4) is 0 Å². The summed E-state index contributed by atoms with van der Waals surface area (Å²) in [6, 6.07) is 92.0. The van der Waals surface area contributed by atoms with Crippen LogP contribution >= 0.6 is 0 Å². The van der Waals surface area contributed by atoms with Crippen molar-refractivity contribution < 1.29 is 0 Å². The maximum Gasteiger partial charge on any atom is 0.0713 e. The average Bonchev–Trinajstić information content (AvgIpc) is 3.81. The van der Waals surface area contributed by atoms with Gasteiger partial charge < -0.3 is 4.90 Å². The van der Waals surface area contributed by atoms with Gasteiger partial charge >= 0.3 is 0 Å². The van der Waals surface area contributed by atoms with Crippen molar-refractivity contribution in [1.29, 1.82) is 0 Å². The summed E-state index contributed by atoms with van der Waals surface area (Å²) in [4.78, 5) is 2.47. The lowest BCUT2D eigenvalue weighted by atomic mass is 9.67. The third kappa shape index (κ3) is 6.00. The number of rotatable bonds is 8. The highest BCUT2D eigenvalue weighted by atomic mass is 15.1. The molecule has 0 heterocycles. The molecule has 0 bridgehead atoms. The van der Waals surface area contributed by atoms with Crippen LogP contribution in [0.5, 0.6) is 0 Å². The number of fused-ring (bicyclic) bond motifs is 6. The minimum Gasteiger partial charge on any atom is -0.310 e. The zero-order valence-corrected chi connectivity index (χ0v) is 36.6. The molecule has 10 aromatic rings. The molecule has 0 aliphatic heterocycles. The van der Waals surface area contributed by atoms with Gasteiger partial charge in [0.25, 0.3) is 0 Å². The molecule has 0 unspecified atom stereocenters. The number of anilines is 3. The lowest BCUT2D eigenvalue weighted by molar-refractivity contribution is 0.660. The smallest absolute Gasteiger partial charge is 0.0713 e. The fourth-order valence-corrected chi connectivity index (χ4v) is 11.3. The molecule has 0 amide bonds. The summed E-state index contributed by atoms with van der Waals surface area (Å²) >= 11 is 0. The molecular weight excluding hydrogens is 783 g/mol. The van der Waals surface area contributed by atoms with Gasteiger partial charge in [0.1, 0.15) is 0 Å². The Balaban J connectivity index is 1.07. The highest BCUT2D eigenvalue weighted by Gasteiger charge is 2.47. The van der Waals surface area contributed by atoms with E-state index in [0.717, 1.165) is 17.1 Å². The minimum absolute atomic E-state index is 0.143. The number of nitrogens with zero attached hydrogens (tertiary/aromatic N) is 1. The first-order valence-corrected chi connectivity index (χ1v) is 22.8. The maximum absolute atomic E-state index is 2.47. The monoisotopic (exact) mass is 829 g/mol. The molecule has 1 nitrogen and oxygen atoms in total. The fourth-order valence-electron chi connectivity index (χ4n) is 11.3. The molecule has 308 valence electrons. The van der Waals surface area contributed by atoms with E-state index >= 15 is 0 Å². The molecule has 65 heavy (non-hydrogen) atoms. The van der Waals surface area contributed by atoms with Gasteiger partial charge in [-0.1, -0.05) is 232 Å². The van der Waals surface area contributed by atoms with Crippen LogP contribution in [0.4, 0.5) is 17.1 Å². The number of hydrogen-bond donors (Lipinski definition) is 0. The second-order valence-corrected chi connectivity index (χ2v) is 18.0. The van der Waals surface area contributed by atoms with Gasteiger partial charge in [-0.05, 0) is 114 Å². The van der Waals surface area contributed by atoms with E-state index in [1.807, 2.05) is 0 Å². The van der Waals surface area contributed by atoms with E-state index in [9.17, 15) is 0 Å². The van der Waals surface area contributed by atoms with Crippen LogP contribution in [0.15, 0.2) is 249 Å². The van der Waals surface area contributed by atoms with Crippen molar-refractivity contribution in [3.8, 4) is 55.6 Å². The fraction of sp³-hybridized carbons (Fsp3) is 0.0625. The standard InChI is InChI=1S/C64H47N/c1-63(2)57-33-17-14-29-52(57)53-42-41-49(43-60(53)63)65(48-39-37-45(38-40-48)44-21-6-3-7-22-44)61-36-19-16-30-54(61)50-27-12-13-28-51(50)55-32-20-35-59-62(55)56-31-15-18-34-58(56)64(59,46-23-8-4-9-24-46)47-25-10-5-11-26-47/h3-43H,1-2H3. The zero-order chi connectivity index (χ0) is 43.5. The SMILES string of the molecule is CC1(C)c2ccccc2-c2ccc(N(c3ccc(-c4ccccc4)cc3)c3ccccc3-c3ccccc3-c3cccc4c3-c3ccccc3C4(c3ccccc3)c3ccccc3)cc21. The topological polar surface area (TPSA) is 3.24 Å². The number of hydrogen-bond acceptors (Lipinski definition) is 1. The molecule has 0 saturated heterocycles. The number of benzene rings is 10. The lowest BCUT2D eigenvalue weighted by Gasteiger charge is -2.34. The molecule has 1 heteroatoms. The Morgan fingerprint density at radius 2 is 0.754 bits per heavy atom. The molecule has 10 aromatic carbocycles. The summed E-state index contributed by atoms with van der Waals surface area (Å²) in [6.07, 6.45) is 0. The molecule has 0 aromatic heterocycles. The Kier molecular flexibility index (Phi) is 9.14. The molecule has 0 saturated carbocycles. The third-order valence-corrected chi connectivity index (χ3v) is 14.2. The summed E-state index contributed by atoms with van der Waals surface area (Å²) in [5.74, 6) is 0. The highest BCUT2D eigenvalue weighted by molar-refractivity contribution is 6.01. The summed E-state index contributed by atoms with van der Waals surface area (Å²) in [5, 5.41) is 0. The summed E-state index contributed by atoms with van der Waals surface area (Å²) in [5.41, 5.74) is 23.0. The van der Waals surface area contributed by atoms with Crippen molar-refractivity contribution >= 4 is 17.1 Å². The second kappa shape index (κ2) is 15.4. The lowest BCUT2D eigenvalue weighted by Crippen LogP contribution is -2.28. The van der Waals surface area contributed by atoms with Gasteiger partial charge in [-0.15, -0.1) is 0 Å². The summed E-state index contributed by atoms with van der Waals surface area (Å²) in [7, 11) is 0. The Hall–Kier alpha value is -8.00. The first-order chi connectivity index (χ1) is 32.0. The largest absolute Gasteiger partial charge is 0.310 e. The normalized spacial score (nSPS) is 13.6. The van der Waals surface area contributed by atoms with Gasteiger partial charge in [-0.2, -0.15) is 0 Å². The predicted octanol–water partition coefficient (Wildman–Crippen LogP) is 16.8. The van der Waals surface area contributed by atoms with Crippen LogP contribution in [0.1, 0.15) is 47.2 Å². The van der Waals surface area contributed by atoms with E-state index in [1.165, 1.54) is 89.0 Å². The first kappa shape index (κ1) is 38.7. The van der Waals surface area contributed by atoms with Gasteiger partial charge in [-0.3, -0.25) is 0 Å². The van der Waals surface area contributed by atoms with E-state index < -0.39 is 5.41 Å². The Morgan fingerprint density at radius 1 is 0.292 bits per heavy atom. The van der Waals surface area contributed by atoms with Gasteiger partial charge in [0.15, 0.2) is 0 Å². The van der Waals surface area contributed by atoms with E-state index in [1.54, 1.807) is 0 Å². The van der Waals surface area contributed by atoms with Crippen LogP contribution in [0.25, 0.3) is 55.6 Å². The summed E-state index contributed by atoms with van der Waals surface area (Å²) in [6.45, 7) is 4.73. The van der Waals surface area contributed by atoms with Crippen LogP contribution in [0.2, 0.25) is 0 Å². The van der Waals surface area contributed by atoms with Crippen molar-refractivity contribution in [2.75, 3.05) is 4.90 Å². The molecule has 0 atom stereocenters. The van der Waals surface area contributed by atoms with E-state index in [-0.39, 0.29) is 5.41 Å². The Labute approximate surface area is 382 Å². The second-order valence-electron chi connectivity index (χ2n) is 18.0. The van der Waals surface area contributed by atoms with Gasteiger partial charge in [0.2, 0.25) is 0 Å². The molecule has 12 rings (SSSR count). The summed E-state index contributed by atoms with van der Waals surface area (Å²) < 4.78 is 0. The van der Waals surface area contributed by atoms with E-state index in [2.05, 4.69) is 267 Å². The van der Waals surface area contributed by atoms with Crippen LogP contribution in [-0.4, -0.2) is 0 Å². The molecular formula is C64H47N. The predicted molar refractivity (Wildman–Crippen MR) is 272 cm³/mol. The van der Waals surface area contributed by atoms with Gasteiger partial charge in [0.05, 0.1) is 11.1 Å². The Morgan fingerprint density at radius 3 is 1.43 bits per heavy atom. The Bertz CT molecular complexity index is 3340. The van der Waals surface area contributed by atoms with Crippen molar-refractivity contribution in [3.05, 3.63) is 282 Å². The van der Waals surface area contributed by atoms with Crippen LogP contribution < -0.4 is 4.90 Å². The number of para-hydroxylation sites is 1. The maximum atomic E-state index is 2.47.